The van der Waals surface area contributed by atoms with Crippen LogP contribution in [0.2, 0.25) is 0 Å². The highest BCUT2D eigenvalue weighted by Gasteiger charge is 1.92. The van der Waals surface area contributed by atoms with Crippen LogP contribution in [0, 0.1) is 0 Å². The number of rotatable bonds is 0. The molecule has 3 heteroatoms. The molecule has 0 atom stereocenters. The lowest BCUT2D eigenvalue weighted by atomic mass is 10.2. The summed E-state index contributed by atoms with van der Waals surface area (Å²) in [5.41, 5.74) is 0.826. The lowest BCUT2D eigenvalue weighted by molar-refractivity contribution is 0.456. The Morgan fingerprint density at radius 2 is 1.75 bits per heavy atom. The fourth-order valence-corrected chi connectivity index (χ4v) is 1.06. The van der Waals surface area contributed by atoms with Gasteiger partial charge in [0.05, 0.1) is 5.52 Å². The van der Waals surface area contributed by atoms with Crippen molar-refractivity contribution in [1.29, 1.82) is 0 Å². The molecule has 1 aromatic carbocycles. The zero-order valence-electron chi connectivity index (χ0n) is 6.44. The van der Waals surface area contributed by atoms with Crippen molar-refractivity contribution in [3.8, 4) is 5.88 Å². The Balaban J connectivity index is 0.000000720. The smallest absolute Gasteiger partial charge is 0.211 e. The van der Waals surface area contributed by atoms with Gasteiger partial charge < -0.3 is 5.11 Å². The fraction of sp³-hybridized carbons (Fsp3) is 0. The van der Waals surface area contributed by atoms with Crippen molar-refractivity contribution in [2.24, 2.45) is 0 Å². The van der Waals surface area contributed by atoms with Gasteiger partial charge in [-0.2, -0.15) is 0 Å². The van der Waals surface area contributed by atoms with E-state index in [1.165, 1.54) is 0 Å². The molecule has 1 aromatic heterocycles. The van der Waals surface area contributed by atoms with Gasteiger partial charge in [0.25, 0.3) is 0 Å². The quantitative estimate of drug-likeness (QED) is 0.611. The van der Waals surface area contributed by atoms with Gasteiger partial charge in [-0.05, 0) is 12.1 Å². The van der Waals surface area contributed by atoms with E-state index in [1.807, 2.05) is 30.3 Å². The Morgan fingerprint density at radius 1 is 1.00 bits per heavy atom. The van der Waals surface area contributed by atoms with Gasteiger partial charge in [0.1, 0.15) is 0 Å². The molecule has 3 radical (unpaired) electrons. The molecular weight excluding hydrogens is 165 g/mol. The second-order valence-corrected chi connectivity index (χ2v) is 2.36. The van der Waals surface area contributed by atoms with Crippen molar-refractivity contribution in [2.45, 2.75) is 0 Å². The average Bonchev–Trinajstić information content (AvgIpc) is 2.04. The first-order valence-corrected chi connectivity index (χ1v) is 3.41. The van der Waals surface area contributed by atoms with Crippen LogP contribution in [-0.2, 0) is 0 Å². The number of hydrogen-bond acceptors (Lipinski definition) is 2. The third-order valence-electron chi connectivity index (χ3n) is 1.58. The van der Waals surface area contributed by atoms with Gasteiger partial charge in [0.2, 0.25) is 5.88 Å². The molecule has 0 aliphatic heterocycles. The topological polar surface area (TPSA) is 33.1 Å². The number of benzene rings is 1. The summed E-state index contributed by atoms with van der Waals surface area (Å²) >= 11 is 0. The predicted molar refractivity (Wildman–Crippen MR) is 49.2 cm³/mol. The SMILES string of the molecule is Oc1ccc2ccccc2n1.[Al]. The molecule has 1 heterocycles. The van der Waals surface area contributed by atoms with E-state index in [1.54, 1.807) is 6.07 Å². The van der Waals surface area contributed by atoms with E-state index < -0.39 is 0 Å². The molecule has 0 bridgehead atoms. The van der Waals surface area contributed by atoms with Crippen LogP contribution in [-0.4, -0.2) is 27.5 Å². The lowest BCUT2D eigenvalue weighted by Crippen LogP contribution is -1.76. The molecule has 12 heavy (non-hydrogen) atoms. The molecular formula is C9H7AlNO. The van der Waals surface area contributed by atoms with Gasteiger partial charge >= 0.3 is 0 Å². The first-order chi connectivity index (χ1) is 5.36. The molecule has 0 saturated heterocycles. The van der Waals surface area contributed by atoms with Crippen molar-refractivity contribution in [3.05, 3.63) is 36.4 Å². The largest absolute Gasteiger partial charge is 0.493 e. The van der Waals surface area contributed by atoms with Gasteiger partial charge in [-0.15, -0.1) is 0 Å². The van der Waals surface area contributed by atoms with E-state index in [4.69, 9.17) is 5.11 Å². The Bertz CT molecular complexity index is 389. The van der Waals surface area contributed by atoms with E-state index in [0.717, 1.165) is 10.9 Å². The van der Waals surface area contributed by atoms with Crippen LogP contribution < -0.4 is 0 Å². The summed E-state index contributed by atoms with van der Waals surface area (Å²) in [5, 5.41) is 10.1. The number of aromatic hydroxyl groups is 1. The Labute approximate surface area is 81.0 Å². The monoisotopic (exact) mass is 172 g/mol. The highest BCUT2D eigenvalue weighted by atomic mass is 27.0. The maximum atomic E-state index is 9.02. The van der Waals surface area contributed by atoms with Crippen molar-refractivity contribution >= 4 is 28.3 Å². The van der Waals surface area contributed by atoms with Crippen molar-refractivity contribution in [2.75, 3.05) is 0 Å². The zero-order valence-corrected chi connectivity index (χ0v) is 7.59. The van der Waals surface area contributed by atoms with Crippen molar-refractivity contribution < 1.29 is 5.11 Å². The Kier molecular flexibility index (Phi) is 2.70. The molecule has 1 N–H and O–H groups in total. The average molecular weight is 172 g/mol. The summed E-state index contributed by atoms with van der Waals surface area (Å²) in [4.78, 5) is 3.93. The van der Waals surface area contributed by atoms with Crippen LogP contribution >= 0.6 is 0 Å². The van der Waals surface area contributed by atoms with Crippen molar-refractivity contribution in [1.82, 2.24) is 4.98 Å². The van der Waals surface area contributed by atoms with E-state index in [0.29, 0.717) is 0 Å². The molecule has 0 aliphatic rings. The molecule has 2 rings (SSSR count). The Hall–Kier alpha value is -1.04. The van der Waals surface area contributed by atoms with Gasteiger partial charge in [0.15, 0.2) is 0 Å². The highest BCUT2D eigenvalue weighted by Crippen LogP contribution is 2.14. The van der Waals surface area contributed by atoms with Gasteiger partial charge in [-0.3, -0.25) is 0 Å². The molecule has 0 aliphatic carbocycles. The van der Waals surface area contributed by atoms with Gasteiger partial charge in [0, 0.05) is 28.8 Å². The molecule has 57 valence electrons. The molecule has 0 saturated carbocycles. The van der Waals surface area contributed by atoms with E-state index in [2.05, 4.69) is 4.98 Å². The summed E-state index contributed by atoms with van der Waals surface area (Å²) in [6, 6.07) is 11.1. The van der Waals surface area contributed by atoms with Crippen molar-refractivity contribution in [3.63, 3.8) is 0 Å². The Morgan fingerprint density at radius 3 is 2.58 bits per heavy atom. The summed E-state index contributed by atoms with van der Waals surface area (Å²) in [5.74, 6) is 0.0729. The van der Waals surface area contributed by atoms with Crippen LogP contribution in [0.5, 0.6) is 5.88 Å². The number of nitrogens with zero attached hydrogens (tertiary/aromatic N) is 1. The molecule has 2 aromatic rings. The van der Waals surface area contributed by atoms with Crippen LogP contribution in [0.1, 0.15) is 0 Å². The lowest BCUT2D eigenvalue weighted by Gasteiger charge is -1.95. The number of hydrogen-bond donors (Lipinski definition) is 1. The van der Waals surface area contributed by atoms with Crippen LogP contribution in [0.4, 0.5) is 0 Å². The number of para-hydroxylation sites is 1. The molecule has 0 unspecified atom stereocenters. The second kappa shape index (κ2) is 3.57. The minimum Gasteiger partial charge on any atom is -0.493 e. The molecule has 0 spiro atoms. The third kappa shape index (κ3) is 1.58. The van der Waals surface area contributed by atoms with Gasteiger partial charge in [-0.25, -0.2) is 4.98 Å². The van der Waals surface area contributed by atoms with E-state index >= 15 is 0 Å². The van der Waals surface area contributed by atoms with E-state index in [9.17, 15) is 0 Å². The molecule has 2 nitrogen and oxygen atoms in total. The summed E-state index contributed by atoms with van der Waals surface area (Å²) < 4.78 is 0. The third-order valence-corrected chi connectivity index (χ3v) is 1.58. The maximum absolute atomic E-state index is 9.02. The van der Waals surface area contributed by atoms with Crippen LogP contribution in [0.15, 0.2) is 36.4 Å². The summed E-state index contributed by atoms with van der Waals surface area (Å²) in [6.07, 6.45) is 0. The van der Waals surface area contributed by atoms with Gasteiger partial charge in [-0.1, -0.05) is 18.2 Å². The minimum absolute atomic E-state index is 0. The number of pyridine rings is 1. The fourth-order valence-electron chi connectivity index (χ4n) is 1.06. The predicted octanol–water partition coefficient (Wildman–Crippen LogP) is 1.56. The molecule has 0 fully saturated rings. The standard InChI is InChI=1S/C9H7NO.Al/c11-9-6-5-7-3-1-2-4-8(7)10-9;/h1-6H,(H,10,11);. The minimum atomic E-state index is 0. The second-order valence-electron chi connectivity index (χ2n) is 2.36. The normalized spacial score (nSPS) is 9.33. The summed E-state index contributed by atoms with van der Waals surface area (Å²) in [7, 11) is 0. The first-order valence-electron chi connectivity index (χ1n) is 3.41. The highest BCUT2D eigenvalue weighted by molar-refractivity contribution is 5.78. The zero-order chi connectivity index (χ0) is 7.68. The first kappa shape index (κ1) is 9.05. The van der Waals surface area contributed by atoms with Crippen LogP contribution in [0.25, 0.3) is 10.9 Å². The molecule has 0 amide bonds. The maximum Gasteiger partial charge on any atom is 0.211 e. The summed E-state index contributed by atoms with van der Waals surface area (Å²) in [6.45, 7) is 0. The number of aromatic nitrogens is 1. The van der Waals surface area contributed by atoms with Crippen LogP contribution in [0.3, 0.4) is 0 Å². The number of fused-ring (bicyclic) bond motifs is 1. The van der Waals surface area contributed by atoms with E-state index in [-0.39, 0.29) is 23.2 Å².